The van der Waals surface area contributed by atoms with Crippen molar-refractivity contribution in [1.29, 1.82) is 0 Å². The van der Waals surface area contributed by atoms with E-state index in [0.717, 1.165) is 5.56 Å². The summed E-state index contributed by atoms with van der Waals surface area (Å²) in [6.45, 7) is -2.58. The Balaban J connectivity index is 2.09. The number of urea groups is 1. The van der Waals surface area contributed by atoms with E-state index in [9.17, 15) is 13.6 Å². The van der Waals surface area contributed by atoms with Crippen LogP contribution >= 0.6 is 0 Å². The Kier molecular flexibility index (Phi) is 5.95. The van der Waals surface area contributed by atoms with Crippen molar-refractivity contribution in [2.45, 2.75) is 13.2 Å². The molecule has 0 saturated heterocycles. The van der Waals surface area contributed by atoms with Crippen molar-refractivity contribution in [2.75, 3.05) is 13.2 Å². The number of carbonyl (C=O) groups is 1. The molecule has 0 spiro atoms. The van der Waals surface area contributed by atoms with Crippen LogP contribution in [0.5, 0.6) is 0 Å². The average Bonchev–Trinajstić information content (AvgIpc) is 2.33. The molecule has 0 atom stereocenters. The van der Waals surface area contributed by atoms with E-state index in [4.69, 9.17) is 0 Å². The van der Waals surface area contributed by atoms with Crippen LogP contribution in [0.25, 0.3) is 0 Å². The molecule has 0 unspecified atom stereocenters. The number of amides is 2. The van der Waals surface area contributed by atoms with Crippen LogP contribution < -0.4 is 10.6 Å². The van der Waals surface area contributed by atoms with Gasteiger partial charge in [0, 0.05) is 13.1 Å². The van der Waals surface area contributed by atoms with Gasteiger partial charge in [0.2, 0.25) is 0 Å². The molecular formula is C11H14F2N2O2. The molecule has 0 aliphatic heterocycles. The second kappa shape index (κ2) is 7.56. The Morgan fingerprint density at radius 3 is 2.59 bits per heavy atom. The molecule has 17 heavy (non-hydrogen) atoms. The second-order valence-electron chi connectivity index (χ2n) is 3.23. The first-order chi connectivity index (χ1) is 8.18. The van der Waals surface area contributed by atoms with Gasteiger partial charge in [-0.2, -0.15) is 8.78 Å². The van der Waals surface area contributed by atoms with E-state index in [0.29, 0.717) is 6.54 Å². The van der Waals surface area contributed by atoms with Gasteiger partial charge >= 0.3 is 12.6 Å². The molecule has 0 heterocycles. The van der Waals surface area contributed by atoms with E-state index in [-0.39, 0.29) is 13.2 Å². The lowest BCUT2D eigenvalue weighted by Gasteiger charge is -2.07. The smallest absolute Gasteiger partial charge is 0.336 e. The van der Waals surface area contributed by atoms with Crippen molar-refractivity contribution in [1.82, 2.24) is 10.6 Å². The molecule has 0 saturated carbocycles. The Labute approximate surface area is 98.0 Å². The van der Waals surface area contributed by atoms with E-state index < -0.39 is 12.6 Å². The molecule has 1 aromatic carbocycles. The highest BCUT2D eigenvalue weighted by molar-refractivity contribution is 5.73. The van der Waals surface area contributed by atoms with E-state index in [1.165, 1.54) is 0 Å². The summed E-state index contributed by atoms with van der Waals surface area (Å²) in [7, 11) is 0. The summed E-state index contributed by atoms with van der Waals surface area (Å²) in [5, 5.41) is 4.99. The summed E-state index contributed by atoms with van der Waals surface area (Å²) in [6.07, 6.45) is 0. The van der Waals surface area contributed by atoms with Crippen molar-refractivity contribution >= 4 is 6.03 Å². The number of alkyl halides is 2. The van der Waals surface area contributed by atoms with Crippen molar-refractivity contribution in [3.05, 3.63) is 35.9 Å². The first kappa shape index (κ1) is 13.4. The van der Waals surface area contributed by atoms with Gasteiger partial charge in [-0.3, -0.25) is 0 Å². The molecule has 6 heteroatoms. The second-order valence-corrected chi connectivity index (χ2v) is 3.23. The number of hydrogen-bond acceptors (Lipinski definition) is 2. The number of carbonyl (C=O) groups excluding carboxylic acids is 1. The lowest BCUT2D eigenvalue weighted by molar-refractivity contribution is -0.126. The zero-order valence-corrected chi connectivity index (χ0v) is 9.16. The van der Waals surface area contributed by atoms with Gasteiger partial charge < -0.3 is 15.4 Å². The number of rotatable bonds is 6. The summed E-state index contributed by atoms with van der Waals surface area (Å²) in [4.78, 5) is 11.2. The summed E-state index contributed by atoms with van der Waals surface area (Å²) in [5.74, 6) is 0. The Hall–Kier alpha value is -1.69. The lowest BCUT2D eigenvalue weighted by atomic mass is 10.2. The molecule has 2 amide bonds. The molecule has 1 rings (SSSR count). The molecule has 94 valence electrons. The third kappa shape index (κ3) is 6.47. The number of halogens is 2. The van der Waals surface area contributed by atoms with E-state index in [1.807, 2.05) is 30.3 Å². The molecule has 0 aliphatic carbocycles. The molecular weight excluding hydrogens is 230 g/mol. The maximum Gasteiger partial charge on any atom is 0.345 e. The normalized spacial score (nSPS) is 10.3. The summed E-state index contributed by atoms with van der Waals surface area (Å²) < 4.78 is 27.1. The average molecular weight is 244 g/mol. The number of hydrogen-bond donors (Lipinski definition) is 2. The van der Waals surface area contributed by atoms with Crippen molar-refractivity contribution in [3.63, 3.8) is 0 Å². The molecule has 0 bridgehead atoms. The zero-order chi connectivity index (χ0) is 12.5. The number of nitrogens with one attached hydrogen (secondary N) is 2. The zero-order valence-electron chi connectivity index (χ0n) is 9.16. The quantitative estimate of drug-likeness (QED) is 0.749. The largest absolute Gasteiger partial charge is 0.345 e. The van der Waals surface area contributed by atoms with Crippen LogP contribution in [0.1, 0.15) is 5.56 Å². The van der Waals surface area contributed by atoms with Crippen LogP contribution in [0.2, 0.25) is 0 Å². The molecule has 0 fully saturated rings. The van der Waals surface area contributed by atoms with Crippen LogP contribution in [0.15, 0.2) is 30.3 Å². The topological polar surface area (TPSA) is 50.4 Å². The minimum absolute atomic E-state index is 0.0466. The van der Waals surface area contributed by atoms with Crippen molar-refractivity contribution in [3.8, 4) is 0 Å². The van der Waals surface area contributed by atoms with E-state index in [2.05, 4.69) is 15.4 Å². The number of ether oxygens (including phenoxy) is 1. The first-order valence-electron chi connectivity index (χ1n) is 5.14. The fourth-order valence-corrected chi connectivity index (χ4v) is 1.15. The maximum absolute atomic E-state index is 11.6. The Morgan fingerprint density at radius 2 is 1.94 bits per heavy atom. The van der Waals surface area contributed by atoms with Crippen LogP contribution in [0.4, 0.5) is 13.6 Å². The Morgan fingerprint density at radius 1 is 1.24 bits per heavy atom. The number of benzene rings is 1. The highest BCUT2D eigenvalue weighted by Crippen LogP contribution is 1.96. The highest BCUT2D eigenvalue weighted by atomic mass is 19.3. The third-order valence-electron chi connectivity index (χ3n) is 1.93. The first-order valence-corrected chi connectivity index (χ1v) is 5.14. The predicted octanol–water partition coefficient (Wildman–Crippen LogP) is 1.72. The van der Waals surface area contributed by atoms with E-state index >= 15 is 0 Å². The molecule has 0 radical (unpaired) electrons. The van der Waals surface area contributed by atoms with Gasteiger partial charge in [-0.1, -0.05) is 30.3 Å². The fourth-order valence-electron chi connectivity index (χ4n) is 1.15. The monoisotopic (exact) mass is 244 g/mol. The van der Waals surface area contributed by atoms with Crippen molar-refractivity contribution in [2.24, 2.45) is 0 Å². The van der Waals surface area contributed by atoms with Crippen LogP contribution in [0.3, 0.4) is 0 Å². The molecule has 1 aromatic rings. The summed E-state index contributed by atoms with van der Waals surface area (Å²) in [6, 6.07) is 8.95. The Bertz CT molecular complexity index is 334. The van der Waals surface area contributed by atoms with Crippen LogP contribution in [-0.2, 0) is 11.3 Å². The van der Waals surface area contributed by atoms with Gasteiger partial charge in [0.15, 0.2) is 0 Å². The minimum atomic E-state index is -2.80. The van der Waals surface area contributed by atoms with Crippen molar-refractivity contribution < 1.29 is 18.3 Å². The molecule has 0 aliphatic rings. The van der Waals surface area contributed by atoms with Gasteiger partial charge in [0.05, 0.1) is 6.61 Å². The maximum atomic E-state index is 11.6. The molecule has 4 nitrogen and oxygen atoms in total. The van der Waals surface area contributed by atoms with Crippen LogP contribution in [-0.4, -0.2) is 25.8 Å². The molecule has 2 N–H and O–H groups in total. The standard InChI is InChI=1S/C11H14F2N2O2/c12-10(13)17-7-6-14-11(16)15-8-9-4-2-1-3-5-9/h1-5,10H,6-8H2,(H2,14,15,16). The van der Waals surface area contributed by atoms with Gasteiger partial charge in [-0.05, 0) is 5.56 Å². The predicted molar refractivity (Wildman–Crippen MR) is 58.6 cm³/mol. The summed E-state index contributed by atoms with van der Waals surface area (Å²) >= 11 is 0. The lowest BCUT2D eigenvalue weighted by Crippen LogP contribution is -2.37. The van der Waals surface area contributed by atoms with Crippen LogP contribution in [0, 0.1) is 0 Å². The van der Waals surface area contributed by atoms with Gasteiger partial charge in [-0.25, -0.2) is 4.79 Å². The molecule has 0 aromatic heterocycles. The third-order valence-corrected chi connectivity index (χ3v) is 1.93. The highest BCUT2D eigenvalue weighted by Gasteiger charge is 2.02. The summed E-state index contributed by atoms with van der Waals surface area (Å²) in [5.41, 5.74) is 0.964. The fraction of sp³-hybridized carbons (Fsp3) is 0.364. The SMILES string of the molecule is O=C(NCCOC(F)F)NCc1ccccc1. The minimum Gasteiger partial charge on any atom is -0.336 e. The van der Waals surface area contributed by atoms with Gasteiger partial charge in [0.25, 0.3) is 0 Å². The van der Waals surface area contributed by atoms with Gasteiger partial charge in [0.1, 0.15) is 0 Å². The van der Waals surface area contributed by atoms with E-state index in [1.54, 1.807) is 0 Å². The van der Waals surface area contributed by atoms with Gasteiger partial charge in [-0.15, -0.1) is 0 Å².